The molecule has 0 radical (unpaired) electrons. The minimum absolute atomic E-state index is 0.901. The van der Waals surface area contributed by atoms with Gasteiger partial charge in [0.1, 0.15) is 0 Å². The van der Waals surface area contributed by atoms with Crippen molar-refractivity contribution in [1.82, 2.24) is 4.57 Å². The van der Waals surface area contributed by atoms with Gasteiger partial charge in [-0.1, -0.05) is 86.0 Å². The molecule has 1 heterocycles. The summed E-state index contributed by atoms with van der Waals surface area (Å²) < 4.78 is 2.35. The Hall–Kier alpha value is -5.08. The molecular weight excluding hydrogens is 472 g/mol. The summed E-state index contributed by atoms with van der Waals surface area (Å²) >= 11 is 0. The van der Waals surface area contributed by atoms with E-state index < -0.39 is 0 Å². The second-order valence-corrected chi connectivity index (χ2v) is 10.0. The van der Waals surface area contributed by atoms with Crippen molar-refractivity contribution in [3.05, 3.63) is 157 Å². The first-order chi connectivity index (χ1) is 19.2. The number of nitrogens with one attached hydrogen (secondary N) is 1. The third kappa shape index (κ3) is 3.89. The molecule has 0 saturated heterocycles. The Balaban J connectivity index is 1.20. The smallest absolute Gasteiger partial charge is 0.0541 e. The molecular formula is C37H28N2. The van der Waals surface area contributed by atoms with Crippen LogP contribution in [0.2, 0.25) is 0 Å². The summed E-state index contributed by atoms with van der Waals surface area (Å²) in [6.07, 6.45) is 4.78. The fourth-order valence-corrected chi connectivity index (χ4v) is 5.90. The second-order valence-electron chi connectivity index (χ2n) is 10.0. The molecule has 1 N–H and O–H groups in total. The van der Waals surface area contributed by atoms with E-state index in [1.807, 2.05) is 12.2 Å². The number of hydrogen-bond donors (Lipinski definition) is 1. The molecule has 0 unspecified atom stereocenters. The second kappa shape index (κ2) is 9.34. The van der Waals surface area contributed by atoms with Crippen LogP contribution in [0.1, 0.15) is 11.1 Å². The normalized spacial score (nSPS) is 12.6. The van der Waals surface area contributed by atoms with E-state index in [4.69, 9.17) is 0 Å². The zero-order chi connectivity index (χ0) is 26.3. The lowest BCUT2D eigenvalue weighted by Crippen LogP contribution is -1.93. The van der Waals surface area contributed by atoms with E-state index in [0.29, 0.717) is 0 Å². The number of anilines is 2. The molecule has 2 heteroatoms. The first kappa shape index (κ1) is 23.1. The molecule has 5 aromatic carbocycles. The zero-order valence-corrected chi connectivity index (χ0v) is 21.7. The number of benzene rings is 5. The summed E-state index contributed by atoms with van der Waals surface area (Å²) in [5.41, 5.74) is 13.2. The van der Waals surface area contributed by atoms with E-state index in [1.165, 1.54) is 60.9 Å². The summed E-state index contributed by atoms with van der Waals surface area (Å²) in [5, 5.41) is 6.11. The Labute approximate surface area is 228 Å². The molecule has 0 saturated carbocycles. The lowest BCUT2D eigenvalue weighted by Gasteiger charge is -2.11. The maximum Gasteiger partial charge on any atom is 0.0541 e. The predicted octanol–water partition coefficient (Wildman–Crippen LogP) is 9.88. The number of para-hydroxylation sites is 2. The number of hydrogen-bond acceptors (Lipinski definition) is 1. The fraction of sp³-hybridized carbons (Fsp3) is 0.0270. The summed E-state index contributed by atoms with van der Waals surface area (Å²) in [7, 11) is 0. The molecule has 0 spiro atoms. The van der Waals surface area contributed by atoms with Gasteiger partial charge in [0, 0.05) is 27.8 Å². The van der Waals surface area contributed by atoms with Crippen molar-refractivity contribution in [1.29, 1.82) is 0 Å². The Morgan fingerprint density at radius 1 is 0.615 bits per heavy atom. The molecule has 1 aromatic heterocycles. The molecule has 0 amide bonds. The first-order valence-corrected chi connectivity index (χ1v) is 13.3. The highest BCUT2D eigenvalue weighted by Gasteiger charge is 2.18. The molecule has 0 atom stereocenters. The first-order valence-electron chi connectivity index (χ1n) is 13.3. The molecule has 186 valence electrons. The van der Waals surface area contributed by atoms with Crippen molar-refractivity contribution < 1.29 is 0 Å². The minimum Gasteiger partial charge on any atom is -0.356 e. The standard InChI is InChI=1S/C37H28N2/c1-3-25-22-28-23-30(19-20-33(28)32(25)4-2)38-29-17-14-26(15-18-29)27-16-21-37-35(24-27)34-12-8-9-13-36(34)39(37)31-10-6-5-7-11-31/h3-21,23-24,38H,1-2,22H2. The number of allylic oxidation sites excluding steroid dienone is 4. The Morgan fingerprint density at radius 2 is 1.33 bits per heavy atom. The van der Waals surface area contributed by atoms with E-state index in [1.54, 1.807) is 0 Å². The van der Waals surface area contributed by atoms with E-state index in [0.717, 1.165) is 17.8 Å². The molecule has 0 aliphatic heterocycles. The van der Waals surface area contributed by atoms with Crippen LogP contribution >= 0.6 is 0 Å². The quantitative estimate of drug-likeness (QED) is 0.241. The van der Waals surface area contributed by atoms with Gasteiger partial charge in [-0.2, -0.15) is 0 Å². The van der Waals surface area contributed by atoms with Gasteiger partial charge in [0.05, 0.1) is 11.0 Å². The van der Waals surface area contributed by atoms with Gasteiger partial charge in [-0.3, -0.25) is 0 Å². The average molecular weight is 501 g/mol. The van der Waals surface area contributed by atoms with Crippen molar-refractivity contribution in [3.63, 3.8) is 0 Å². The number of aromatic nitrogens is 1. The van der Waals surface area contributed by atoms with Gasteiger partial charge in [-0.25, -0.2) is 0 Å². The highest BCUT2D eigenvalue weighted by Crippen LogP contribution is 2.37. The van der Waals surface area contributed by atoms with Crippen LogP contribution in [-0.2, 0) is 6.42 Å². The Bertz CT molecular complexity index is 1920. The largest absolute Gasteiger partial charge is 0.356 e. The van der Waals surface area contributed by atoms with E-state index in [2.05, 4.69) is 138 Å². The van der Waals surface area contributed by atoms with E-state index >= 15 is 0 Å². The van der Waals surface area contributed by atoms with Crippen LogP contribution in [0, 0.1) is 0 Å². The third-order valence-corrected chi connectivity index (χ3v) is 7.77. The molecule has 6 aromatic rings. The molecule has 1 aliphatic rings. The van der Waals surface area contributed by atoms with Crippen molar-refractivity contribution in [2.24, 2.45) is 0 Å². The summed E-state index contributed by atoms with van der Waals surface area (Å²) in [6, 6.07) is 41.3. The van der Waals surface area contributed by atoms with Crippen LogP contribution in [0.5, 0.6) is 0 Å². The molecule has 39 heavy (non-hydrogen) atoms. The van der Waals surface area contributed by atoms with Crippen molar-refractivity contribution in [2.45, 2.75) is 6.42 Å². The van der Waals surface area contributed by atoms with Gasteiger partial charge in [0.15, 0.2) is 0 Å². The molecule has 1 aliphatic carbocycles. The summed E-state index contributed by atoms with van der Waals surface area (Å²) in [4.78, 5) is 0. The molecule has 0 fully saturated rings. The van der Waals surface area contributed by atoms with Crippen LogP contribution in [0.3, 0.4) is 0 Å². The minimum atomic E-state index is 0.901. The average Bonchev–Trinajstić information content (AvgIpc) is 3.52. The molecule has 7 rings (SSSR count). The van der Waals surface area contributed by atoms with Crippen molar-refractivity contribution in [2.75, 3.05) is 5.32 Å². The Morgan fingerprint density at radius 3 is 2.13 bits per heavy atom. The number of fused-ring (bicyclic) bond motifs is 4. The predicted molar refractivity (Wildman–Crippen MR) is 167 cm³/mol. The zero-order valence-electron chi connectivity index (χ0n) is 21.7. The van der Waals surface area contributed by atoms with Gasteiger partial charge < -0.3 is 9.88 Å². The van der Waals surface area contributed by atoms with Crippen LogP contribution in [-0.4, -0.2) is 4.57 Å². The summed E-state index contributed by atoms with van der Waals surface area (Å²) in [6.45, 7) is 7.96. The third-order valence-electron chi connectivity index (χ3n) is 7.77. The van der Waals surface area contributed by atoms with Crippen LogP contribution in [0.25, 0.3) is 44.2 Å². The monoisotopic (exact) mass is 500 g/mol. The lowest BCUT2D eigenvalue weighted by atomic mass is 10.0. The van der Waals surface area contributed by atoms with Gasteiger partial charge in [0.2, 0.25) is 0 Å². The lowest BCUT2D eigenvalue weighted by molar-refractivity contribution is 1.18. The van der Waals surface area contributed by atoms with Gasteiger partial charge in [-0.15, -0.1) is 0 Å². The van der Waals surface area contributed by atoms with Crippen LogP contribution < -0.4 is 5.32 Å². The van der Waals surface area contributed by atoms with Crippen molar-refractivity contribution >= 4 is 38.8 Å². The van der Waals surface area contributed by atoms with E-state index in [9.17, 15) is 0 Å². The maximum atomic E-state index is 3.99. The highest BCUT2D eigenvalue weighted by molar-refractivity contribution is 6.10. The van der Waals surface area contributed by atoms with Crippen LogP contribution in [0.4, 0.5) is 11.4 Å². The van der Waals surface area contributed by atoms with Gasteiger partial charge in [-0.05, 0) is 94.4 Å². The molecule has 2 nitrogen and oxygen atoms in total. The summed E-state index contributed by atoms with van der Waals surface area (Å²) in [5.74, 6) is 0. The highest BCUT2D eigenvalue weighted by atomic mass is 15.0. The van der Waals surface area contributed by atoms with Gasteiger partial charge >= 0.3 is 0 Å². The number of rotatable bonds is 6. The van der Waals surface area contributed by atoms with Gasteiger partial charge in [0.25, 0.3) is 0 Å². The van der Waals surface area contributed by atoms with Crippen LogP contribution in [0.15, 0.2) is 146 Å². The fourth-order valence-electron chi connectivity index (χ4n) is 5.90. The topological polar surface area (TPSA) is 17.0 Å². The maximum absolute atomic E-state index is 3.99. The number of nitrogens with zero attached hydrogens (tertiary/aromatic N) is 1. The Kier molecular flexibility index (Phi) is 5.53. The SMILES string of the molecule is C=CC1=C(C=C)c2ccc(Nc3ccc(-c4ccc5c(c4)c4ccccc4n5-c4ccccc4)cc3)cc2C1. The van der Waals surface area contributed by atoms with Crippen molar-refractivity contribution in [3.8, 4) is 16.8 Å². The van der Waals surface area contributed by atoms with E-state index in [-0.39, 0.29) is 0 Å². The molecule has 0 bridgehead atoms.